The van der Waals surface area contributed by atoms with Crippen molar-refractivity contribution in [2.24, 2.45) is 4.99 Å². The Morgan fingerprint density at radius 1 is 0.977 bits per heavy atom. The minimum atomic E-state index is -0.745. The predicted molar refractivity (Wildman–Crippen MR) is 169 cm³/mol. The van der Waals surface area contributed by atoms with Crippen molar-refractivity contribution >= 4 is 23.4 Å². The van der Waals surface area contributed by atoms with Gasteiger partial charge in [-0.05, 0) is 107 Å². The molecule has 224 valence electrons. The maximum atomic E-state index is 14.2. The molecule has 2 aromatic carbocycles. The van der Waals surface area contributed by atoms with E-state index < -0.39 is 12.0 Å². The molecule has 1 aliphatic heterocycles. The molecule has 0 N–H and O–H groups in total. The first-order valence-corrected chi connectivity index (χ1v) is 15.2. The summed E-state index contributed by atoms with van der Waals surface area (Å²) < 4.78 is 21.1. The van der Waals surface area contributed by atoms with E-state index in [-0.39, 0.29) is 12.2 Å². The van der Waals surface area contributed by atoms with Crippen LogP contribution in [-0.4, -0.2) is 35.4 Å². The number of hydrogen-bond acceptors (Lipinski definition) is 7. The molecule has 0 saturated carbocycles. The van der Waals surface area contributed by atoms with E-state index in [1.165, 1.54) is 22.5 Å². The lowest BCUT2D eigenvalue weighted by atomic mass is 9.95. The molecule has 1 atom stereocenters. The van der Waals surface area contributed by atoms with Crippen LogP contribution in [0.5, 0.6) is 11.5 Å². The number of hydrogen-bond donors (Lipinski definition) is 0. The molecule has 0 aliphatic carbocycles. The van der Waals surface area contributed by atoms with Crippen LogP contribution in [0.25, 0.3) is 11.8 Å². The van der Waals surface area contributed by atoms with Crippen LogP contribution in [0.15, 0.2) is 63.5 Å². The number of esters is 1. The predicted octanol–water partition coefficient (Wildman–Crippen LogP) is 5.23. The summed E-state index contributed by atoms with van der Waals surface area (Å²) in [5.41, 5.74) is 7.89. The van der Waals surface area contributed by atoms with E-state index in [9.17, 15) is 9.59 Å². The Balaban J connectivity index is 1.70. The van der Waals surface area contributed by atoms with Gasteiger partial charge in [-0.15, -0.1) is 0 Å². The Bertz CT molecular complexity index is 1940. The van der Waals surface area contributed by atoms with Crippen LogP contribution in [0.1, 0.15) is 60.5 Å². The van der Waals surface area contributed by atoms with Gasteiger partial charge in [0.25, 0.3) is 5.56 Å². The zero-order chi connectivity index (χ0) is 31.0. The SMILES string of the molecule is CCOC(=O)C1=C(C)N=c2s/c(=C/c3cc(C)n(-c4ccc(C)c(C)c4)c3C)c(=O)n2[C@@H]1c1ccc(OC)c(OCC)c1. The lowest BCUT2D eigenvalue weighted by molar-refractivity contribution is -0.139. The summed E-state index contributed by atoms with van der Waals surface area (Å²) in [5, 5.41) is 0. The van der Waals surface area contributed by atoms with E-state index in [0.717, 1.165) is 22.6 Å². The summed E-state index contributed by atoms with van der Waals surface area (Å²) in [6.07, 6.45) is 1.92. The zero-order valence-corrected chi connectivity index (χ0v) is 26.7. The van der Waals surface area contributed by atoms with E-state index in [1.807, 2.05) is 25.1 Å². The molecule has 4 aromatic rings. The van der Waals surface area contributed by atoms with Crippen molar-refractivity contribution in [1.29, 1.82) is 0 Å². The molecule has 0 radical (unpaired) electrons. The molecule has 3 heterocycles. The monoisotopic (exact) mass is 599 g/mol. The van der Waals surface area contributed by atoms with Gasteiger partial charge < -0.3 is 18.8 Å². The summed E-state index contributed by atoms with van der Waals surface area (Å²) in [4.78, 5) is 32.7. The van der Waals surface area contributed by atoms with E-state index in [4.69, 9.17) is 19.2 Å². The van der Waals surface area contributed by atoms with Crippen molar-refractivity contribution in [3.8, 4) is 17.2 Å². The maximum Gasteiger partial charge on any atom is 0.338 e. The molecule has 5 rings (SSSR count). The number of aromatic nitrogens is 2. The van der Waals surface area contributed by atoms with Crippen molar-refractivity contribution in [2.45, 2.75) is 54.5 Å². The number of carbonyl (C=O) groups excluding carboxylic acids is 1. The molecule has 9 heteroatoms. The molecule has 1 aliphatic rings. The van der Waals surface area contributed by atoms with Crippen LogP contribution in [0.4, 0.5) is 0 Å². The van der Waals surface area contributed by atoms with Gasteiger partial charge in [-0.25, -0.2) is 9.79 Å². The molecule has 0 amide bonds. The van der Waals surface area contributed by atoms with Crippen LogP contribution in [0, 0.1) is 27.7 Å². The van der Waals surface area contributed by atoms with Gasteiger partial charge >= 0.3 is 5.97 Å². The van der Waals surface area contributed by atoms with Crippen molar-refractivity contribution in [1.82, 2.24) is 9.13 Å². The number of nitrogens with zero attached hydrogens (tertiary/aromatic N) is 3. The van der Waals surface area contributed by atoms with Gasteiger partial charge in [0, 0.05) is 17.1 Å². The van der Waals surface area contributed by atoms with Crippen LogP contribution in [0.3, 0.4) is 0 Å². The highest BCUT2D eigenvalue weighted by molar-refractivity contribution is 7.07. The molecule has 43 heavy (non-hydrogen) atoms. The average Bonchev–Trinajstić information content (AvgIpc) is 3.43. The largest absolute Gasteiger partial charge is 0.493 e. The summed E-state index contributed by atoms with van der Waals surface area (Å²) in [5.74, 6) is 0.588. The van der Waals surface area contributed by atoms with Gasteiger partial charge in [-0.2, -0.15) is 0 Å². The lowest BCUT2D eigenvalue weighted by Gasteiger charge is -2.25. The Labute approximate surface area is 255 Å². The van der Waals surface area contributed by atoms with E-state index in [1.54, 1.807) is 31.6 Å². The van der Waals surface area contributed by atoms with E-state index in [0.29, 0.717) is 44.3 Å². The van der Waals surface area contributed by atoms with Crippen molar-refractivity contribution in [2.75, 3.05) is 20.3 Å². The average molecular weight is 600 g/mol. The molecule has 2 aromatic heterocycles. The number of rotatable bonds is 8. The fourth-order valence-electron chi connectivity index (χ4n) is 5.58. The summed E-state index contributed by atoms with van der Waals surface area (Å²) in [7, 11) is 1.58. The summed E-state index contributed by atoms with van der Waals surface area (Å²) in [6.45, 7) is 14.4. The third-order valence-electron chi connectivity index (χ3n) is 7.83. The standard InChI is InChI=1S/C34H37N3O5S/c1-9-41-28-17-24(12-14-27(28)40-8)31-30(33(39)42-10-2)22(6)35-34-37(31)32(38)29(43-34)18-25-16-21(5)36(23(25)7)26-13-11-19(3)20(4)15-26/h11-18,31H,9-10H2,1-8H3/b29-18+/t31-/m1/s1. The minimum Gasteiger partial charge on any atom is -0.493 e. The zero-order valence-electron chi connectivity index (χ0n) is 25.9. The highest BCUT2D eigenvalue weighted by Crippen LogP contribution is 2.36. The summed E-state index contributed by atoms with van der Waals surface area (Å²) in [6, 6.07) is 13.2. The molecule has 0 bridgehead atoms. The first kappa shape index (κ1) is 30.1. The molecule has 0 saturated heterocycles. The van der Waals surface area contributed by atoms with Gasteiger partial charge in [-0.1, -0.05) is 23.5 Å². The van der Waals surface area contributed by atoms with Crippen molar-refractivity contribution in [3.05, 3.63) is 107 Å². The van der Waals surface area contributed by atoms with Gasteiger partial charge in [0.2, 0.25) is 0 Å². The van der Waals surface area contributed by atoms with Crippen LogP contribution in [0.2, 0.25) is 0 Å². The van der Waals surface area contributed by atoms with Crippen LogP contribution >= 0.6 is 11.3 Å². The van der Waals surface area contributed by atoms with E-state index >= 15 is 0 Å². The second kappa shape index (κ2) is 12.1. The molecule has 0 spiro atoms. The number of benzene rings is 2. The number of ether oxygens (including phenoxy) is 3. The maximum absolute atomic E-state index is 14.2. The Morgan fingerprint density at radius 3 is 2.42 bits per heavy atom. The first-order valence-electron chi connectivity index (χ1n) is 14.4. The van der Waals surface area contributed by atoms with Gasteiger partial charge in [0.15, 0.2) is 16.3 Å². The second-order valence-corrected chi connectivity index (χ2v) is 11.6. The molecule has 0 fully saturated rings. The number of thiazole rings is 1. The van der Waals surface area contributed by atoms with Gasteiger partial charge in [-0.3, -0.25) is 9.36 Å². The van der Waals surface area contributed by atoms with E-state index in [2.05, 4.69) is 56.5 Å². The van der Waals surface area contributed by atoms with Crippen molar-refractivity contribution in [3.63, 3.8) is 0 Å². The second-order valence-electron chi connectivity index (χ2n) is 10.6. The lowest BCUT2D eigenvalue weighted by Crippen LogP contribution is -2.40. The minimum absolute atomic E-state index is 0.204. The Hall–Kier alpha value is -4.37. The highest BCUT2D eigenvalue weighted by Gasteiger charge is 2.34. The molecular formula is C34H37N3O5S. The molecule has 0 unspecified atom stereocenters. The number of carbonyl (C=O) groups is 1. The van der Waals surface area contributed by atoms with Gasteiger partial charge in [0.1, 0.15) is 0 Å². The fraction of sp³-hybridized carbons (Fsp3) is 0.324. The Kier molecular flexibility index (Phi) is 8.46. The third-order valence-corrected chi connectivity index (χ3v) is 8.81. The quantitative estimate of drug-likeness (QED) is 0.259. The smallest absolute Gasteiger partial charge is 0.338 e. The summed E-state index contributed by atoms with van der Waals surface area (Å²) >= 11 is 1.31. The fourth-order valence-corrected chi connectivity index (χ4v) is 6.61. The number of allylic oxidation sites excluding steroid dienone is 1. The normalized spacial score (nSPS) is 14.9. The van der Waals surface area contributed by atoms with Gasteiger partial charge in [0.05, 0.1) is 42.2 Å². The van der Waals surface area contributed by atoms with Crippen LogP contribution in [-0.2, 0) is 9.53 Å². The van der Waals surface area contributed by atoms with Crippen molar-refractivity contribution < 1.29 is 19.0 Å². The third kappa shape index (κ3) is 5.45. The van der Waals surface area contributed by atoms with Crippen LogP contribution < -0.4 is 24.4 Å². The molecular weight excluding hydrogens is 562 g/mol. The first-order chi connectivity index (χ1) is 20.6. The number of aryl methyl sites for hydroxylation is 3. The topological polar surface area (TPSA) is 84.1 Å². The number of methoxy groups -OCH3 is 1. The highest BCUT2D eigenvalue weighted by atomic mass is 32.1. The Morgan fingerprint density at radius 2 is 1.74 bits per heavy atom. The number of fused-ring (bicyclic) bond motifs is 1. The molecule has 8 nitrogen and oxygen atoms in total.